The summed E-state index contributed by atoms with van der Waals surface area (Å²) in [6, 6.07) is 29.0. The van der Waals surface area contributed by atoms with Gasteiger partial charge in [0.05, 0.1) is 12.7 Å². The molecule has 0 amide bonds. The first-order valence-electron chi connectivity index (χ1n) is 11.5. The molecule has 0 aliphatic rings. The Morgan fingerprint density at radius 1 is 0.657 bits per heavy atom. The van der Waals surface area contributed by atoms with Crippen molar-refractivity contribution in [3.05, 3.63) is 130 Å². The van der Waals surface area contributed by atoms with Gasteiger partial charge in [-0.25, -0.2) is 4.79 Å². The van der Waals surface area contributed by atoms with E-state index in [2.05, 4.69) is 30.3 Å². The van der Waals surface area contributed by atoms with E-state index in [4.69, 9.17) is 9.47 Å². The number of aryl methyl sites for hydroxylation is 2. The van der Waals surface area contributed by atoms with E-state index in [1.807, 2.05) is 50.2 Å². The summed E-state index contributed by atoms with van der Waals surface area (Å²) in [5, 5.41) is 0. The number of rotatable bonds is 7. The van der Waals surface area contributed by atoms with Crippen LogP contribution in [-0.4, -0.2) is 18.9 Å². The molecule has 0 radical (unpaired) electrons. The molecule has 0 heterocycles. The molecule has 0 saturated carbocycles. The van der Waals surface area contributed by atoms with E-state index in [1.54, 1.807) is 31.4 Å². The predicted octanol–water partition coefficient (Wildman–Crippen LogP) is 6.91. The molecule has 35 heavy (non-hydrogen) atoms. The molecule has 4 nitrogen and oxygen atoms in total. The number of ether oxygens (including phenoxy) is 2. The average molecular weight is 465 g/mol. The summed E-state index contributed by atoms with van der Waals surface area (Å²) in [6.45, 7) is 5.47. The molecule has 4 rings (SSSR count). The third kappa shape index (κ3) is 5.33. The largest absolute Gasteiger partial charge is 0.496 e. The number of Topliss-reactive ketones (excluding diaryl/α,β-unsaturated/α-hetero) is 1. The second-order valence-corrected chi connectivity index (χ2v) is 8.62. The van der Waals surface area contributed by atoms with Crippen molar-refractivity contribution >= 4 is 11.8 Å². The molecular weight excluding hydrogens is 436 g/mol. The first kappa shape index (κ1) is 24.0. The summed E-state index contributed by atoms with van der Waals surface area (Å²) in [5.41, 5.74) is 6.32. The second-order valence-electron chi connectivity index (χ2n) is 8.62. The Kier molecular flexibility index (Phi) is 7.11. The number of carbonyl (C=O) groups excluding carboxylic acids is 2. The zero-order valence-corrected chi connectivity index (χ0v) is 20.4. The quantitative estimate of drug-likeness (QED) is 0.129. The van der Waals surface area contributed by atoms with Gasteiger partial charge < -0.3 is 9.47 Å². The van der Waals surface area contributed by atoms with Crippen LogP contribution < -0.4 is 9.47 Å². The van der Waals surface area contributed by atoms with Gasteiger partial charge in [0.15, 0.2) is 5.78 Å². The highest BCUT2D eigenvalue weighted by Gasteiger charge is 2.19. The molecule has 0 aliphatic heterocycles. The van der Waals surface area contributed by atoms with Gasteiger partial charge in [0.25, 0.3) is 0 Å². The van der Waals surface area contributed by atoms with E-state index in [-0.39, 0.29) is 11.7 Å². The Hall–Kier alpha value is -4.18. The summed E-state index contributed by atoms with van der Waals surface area (Å²) < 4.78 is 11.1. The van der Waals surface area contributed by atoms with Gasteiger partial charge in [-0.15, -0.1) is 0 Å². The van der Waals surface area contributed by atoms with Gasteiger partial charge in [-0.3, -0.25) is 4.79 Å². The van der Waals surface area contributed by atoms with Gasteiger partial charge in [-0.2, -0.15) is 0 Å². The van der Waals surface area contributed by atoms with E-state index in [9.17, 15) is 9.59 Å². The molecule has 4 heteroatoms. The van der Waals surface area contributed by atoms with Crippen molar-refractivity contribution in [2.24, 2.45) is 0 Å². The standard InChI is InChI=1S/C31H28O4/c1-20-18-26(14-16-28(20)34-4)30(24-8-6-5-7-9-24)27-15-17-29(21(2)19-27)35-31(33)25-12-10-23(11-13-25)22(3)32/h5-19,30H,1-4H3. The Labute approximate surface area is 206 Å². The maximum absolute atomic E-state index is 12.7. The zero-order chi connectivity index (χ0) is 24.9. The van der Waals surface area contributed by atoms with Crippen molar-refractivity contribution in [1.29, 1.82) is 0 Å². The van der Waals surface area contributed by atoms with Gasteiger partial charge in [0, 0.05) is 11.5 Å². The Morgan fingerprint density at radius 3 is 1.71 bits per heavy atom. The lowest BCUT2D eigenvalue weighted by molar-refractivity contribution is 0.0733. The molecule has 0 aromatic heterocycles. The Balaban J connectivity index is 1.65. The molecular formula is C31H28O4. The highest BCUT2D eigenvalue weighted by Crippen LogP contribution is 2.36. The number of hydrogen-bond acceptors (Lipinski definition) is 4. The lowest BCUT2D eigenvalue weighted by atomic mass is 9.84. The minimum absolute atomic E-state index is 0.0170. The van der Waals surface area contributed by atoms with Crippen LogP contribution >= 0.6 is 0 Å². The third-order valence-corrected chi connectivity index (χ3v) is 6.15. The minimum Gasteiger partial charge on any atom is -0.496 e. The molecule has 0 fully saturated rings. The maximum atomic E-state index is 12.7. The third-order valence-electron chi connectivity index (χ3n) is 6.15. The summed E-state index contributed by atoms with van der Waals surface area (Å²) in [6.07, 6.45) is 0. The molecule has 0 N–H and O–H groups in total. The SMILES string of the molecule is COc1ccc(C(c2ccccc2)c2ccc(OC(=O)c3ccc(C(C)=O)cc3)c(C)c2)cc1C. The smallest absolute Gasteiger partial charge is 0.343 e. The van der Waals surface area contributed by atoms with E-state index in [0.717, 1.165) is 28.0 Å². The van der Waals surface area contributed by atoms with E-state index in [1.165, 1.54) is 12.5 Å². The first-order valence-corrected chi connectivity index (χ1v) is 11.5. The predicted molar refractivity (Wildman–Crippen MR) is 138 cm³/mol. The highest BCUT2D eigenvalue weighted by molar-refractivity contribution is 5.96. The van der Waals surface area contributed by atoms with E-state index < -0.39 is 5.97 Å². The van der Waals surface area contributed by atoms with Crippen molar-refractivity contribution in [2.75, 3.05) is 7.11 Å². The first-order chi connectivity index (χ1) is 16.9. The van der Waals surface area contributed by atoms with E-state index >= 15 is 0 Å². The van der Waals surface area contributed by atoms with Gasteiger partial charge in [-0.1, -0.05) is 66.7 Å². The molecule has 1 unspecified atom stereocenters. The van der Waals surface area contributed by atoms with Gasteiger partial charge in [0.1, 0.15) is 11.5 Å². The van der Waals surface area contributed by atoms with Crippen LogP contribution in [0.15, 0.2) is 91.0 Å². The number of esters is 1. The van der Waals surface area contributed by atoms with E-state index in [0.29, 0.717) is 16.9 Å². The lowest BCUT2D eigenvalue weighted by Crippen LogP contribution is -2.10. The average Bonchev–Trinajstić information content (AvgIpc) is 2.86. The molecule has 4 aromatic rings. The number of methoxy groups -OCH3 is 1. The van der Waals surface area contributed by atoms with Crippen LogP contribution in [0.3, 0.4) is 0 Å². The summed E-state index contributed by atoms with van der Waals surface area (Å²) in [5.74, 6) is 0.878. The summed E-state index contributed by atoms with van der Waals surface area (Å²) >= 11 is 0. The minimum atomic E-state index is -0.457. The van der Waals surface area contributed by atoms with Crippen LogP contribution in [0, 0.1) is 13.8 Å². The van der Waals surface area contributed by atoms with Crippen molar-refractivity contribution in [3.8, 4) is 11.5 Å². The van der Waals surface area contributed by atoms with Crippen molar-refractivity contribution in [2.45, 2.75) is 26.7 Å². The van der Waals surface area contributed by atoms with Crippen LogP contribution in [0.5, 0.6) is 11.5 Å². The van der Waals surface area contributed by atoms with Crippen molar-refractivity contribution < 1.29 is 19.1 Å². The Bertz CT molecular complexity index is 1350. The summed E-state index contributed by atoms with van der Waals surface area (Å²) in [7, 11) is 1.68. The highest BCUT2D eigenvalue weighted by atomic mass is 16.5. The normalized spacial score (nSPS) is 11.5. The molecule has 0 bridgehead atoms. The fourth-order valence-corrected chi connectivity index (χ4v) is 4.27. The molecule has 0 spiro atoms. The Morgan fingerprint density at radius 2 is 1.20 bits per heavy atom. The van der Waals surface area contributed by atoms with Crippen LogP contribution in [0.1, 0.15) is 61.4 Å². The van der Waals surface area contributed by atoms with Gasteiger partial charge in [-0.05, 0) is 72.9 Å². The topological polar surface area (TPSA) is 52.6 Å². The molecule has 176 valence electrons. The fraction of sp³-hybridized carbons (Fsp3) is 0.161. The van der Waals surface area contributed by atoms with Crippen LogP contribution in [0.25, 0.3) is 0 Å². The van der Waals surface area contributed by atoms with Gasteiger partial charge >= 0.3 is 5.97 Å². The van der Waals surface area contributed by atoms with Crippen LogP contribution in [0.4, 0.5) is 0 Å². The summed E-state index contributed by atoms with van der Waals surface area (Å²) in [4.78, 5) is 24.2. The van der Waals surface area contributed by atoms with Gasteiger partial charge in [0.2, 0.25) is 0 Å². The maximum Gasteiger partial charge on any atom is 0.343 e. The van der Waals surface area contributed by atoms with Crippen molar-refractivity contribution in [3.63, 3.8) is 0 Å². The molecule has 1 atom stereocenters. The number of hydrogen-bond donors (Lipinski definition) is 0. The monoisotopic (exact) mass is 464 g/mol. The second kappa shape index (κ2) is 10.4. The van der Waals surface area contributed by atoms with Crippen LogP contribution in [0.2, 0.25) is 0 Å². The van der Waals surface area contributed by atoms with Crippen molar-refractivity contribution in [1.82, 2.24) is 0 Å². The fourth-order valence-electron chi connectivity index (χ4n) is 4.27. The number of carbonyl (C=O) groups is 2. The van der Waals surface area contributed by atoms with Crippen LogP contribution in [-0.2, 0) is 0 Å². The molecule has 0 saturated heterocycles. The number of ketones is 1. The lowest BCUT2D eigenvalue weighted by Gasteiger charge is -2.21. The zero-order valence-electron chi connectivity index (χ0n) is 20.4. The molecule has 0 aliphatic carbocycles. The number of benzene rings is 4. The molecule has 4 aromatic carbocycles.